The van der Waals surface area contributed by atoms with Crippen LogP contribution in [0.25, 0.3) is 12.2 Å². The molecule has 26 heavy (non-hydrogen) atoms. The molecule has 1 aromatic rings. The molecular weight excluding hydrogens is 340 g/mol. The number of imidazole rings is 1. The molecule has 0 saturated heterocycles. The van der Waals surface area contributed by atoms with Crippen LogP contribution < -0.4 is 10.7 Å². The standard InChI is InChI=1S/C18H24N2O6/c1-16(2,3)25-13(21)9-18(14(22)23)7-11-12(8-18)20(10-19-11)15(24)26-17(4,5)6/h7-8,10H,9H2,1-6H3,(H,22,23). The summed E-state index contributed by atoms with van der Waals surface area (Å²) in [5.41, 5.74) is -3.06. The lowest BCUT2D eigenvalue weighted by atomic mass is 9.86. The Labute approximate surface area is 151 Å². The van der Waals surface area contributed by atoms with E-state index in [1.54, 1.807) is 41.5 Å². The fourth-order valence-corrected chi connectivity index (χ4v) is 2.53. The molecule has 0 spiro atoms. The summed E-state index contributed by atoms with van der Waals surface area (Å²) < 4.78 is 11.7. The second-order valence-corrected chi connectivity index (χ2v) is 8.26. The van der Waals surface area contributed by atoms with Gasteiger partial charge >= 0.3 is 18.0 Å². The third kappa shape index (κ3) is 4.30. The van der Waals surface area contributed by atoms with E-state index in [4.69, 9.17) is 9.47 Å². The minimum atomic E-state index is -1.62. The van der Waals surface area contributed by atoms with Crippen molar-refractivity contribution < 1.29 is 29.0 Å². The zero-order valence-corrected chi connectivity index (χ0v) is 15.8. The van der Waals surface area contributed by atoms with Crippen LogP contribution in [0.5, 0.6) is 0 Å². The molecule has 1 N–H and O–H groups in total. The first kappa shape index (κ1) is 19.7. The molecule has 1 heterocycles. The number of aromatic nitrogens is 2. The zero-order chi connectivity index (χ0) is 19.9. The highest BCUT2D eigenvalue weighted by molar-refractivity contribution is 5.96. The van der Waals surface area contributed by atoms with Gasteiger partial charge in [0.05, 0.1) is 17.1 Å². The largest absolute Gasteiger partial charge is 0.480 e. The van der Waals surface area contributed by atoms with Crippen molar-refractivity contribution in [1.29, 1.82) is 0 Å². The van der Waals surface area contributed by atoms with Crippen LogP contribution in [0.15, 0.2) is 6.33 Å². The molecule has 1 aromatic heterocycles. The highest BCUT2D eigenvalue weighted by Crippen LogP contribution is 2.30. The number of aliphatic carboxylic acids is 1. The number of esters is 1. The third-order valence-corrected chi connectivity index (χ3v) is 3.47. The van der Waals surface area contributed by atoms with Crippen LogP contribution in [0.2, 0.25) is 0 Å². The maximum Gasteiger partial charge on any atom is 0.420 e. The Morgan fingerprint density at radius 2 is 1.65 bits per heavy atom. The number of nitrogens with zero attached hydrogens (tertiary/aromatic N) is 2. The van der Waals surface area contributed by atoms with E-state index in [0.717, 1.165) is 4.57 Å². The summed E-state index contributed by atoms with van der Waals surface area (Å²) in [5, 5.41) is 10.3. The number of carboxylic acids is 1. The van der Waals surface area contributed by atoms with Gasteiger partial charge in [-0.1, -0.05) is 0 Å². The van der Waals surface area contributed by atoms with E-state index in [1.807, 2.05) is 0 Å². The lowest BCUT2D eigenvalue weighted by Gasteiger charge is -2.24. The van der Waals surface area contributed by atoms with E-state index in [0.29, 0.717) is 5.35 Å². The van der Waals surface area contributed by atoms with Gasteiger partial charge in [-0.15, -0.1) is 0 Å². The molecule has 1 atom stereocenters. The molecule has 0 aromatic carbocycles. The van der Waals surface area contributed by atoms with Gasteiger partial charge in [0, 0.05) is 0 Å². The number of ether oxygens (including phenoxy) is 2. The maximum absolute atomic E-state index is 12.3. The Morgan fingerprint density at radius 1 is 1.08 bits per heavy atom. The summed E-state index contributed by atoms with van der Waals surface area (Å²) >= 11 is 0. The summed E-state index contributed by atoms with van der Waals surface area (Å²) in [6.07, 6.45) is 2.89. The molecule has 2 rings (SSSR count). The smallest absolute Gasteiger partial charge is 0.420 e. The molecule has 1 aliphatic rings. The van der Waals surface area contributed by atoms with E-state index in [2.05, 4.69) is 4.98 Å². The predicted molar refractivity (Wildman–Crippen MR) is 92.6 cm³/mol. The van der Waals surface area contributed by atoms with Crippen LogP contribution in [-0.4, -0.2) is 43.9 Å². The average molecular weight is 364 g/mol. The minimum Gasteiger partial charge on any atom is -0.480 e. The summed E-state index contributed by atoms with van der Waals surface area (Å²) in [4.78, 5) is 40.4. The van der Waals surface area contributed by atoms with Gasteiger partial charge in [-0.25, -0.2) is 14.3 Å². The quantitative estimate of drug-likeness (QED) is 0.799. The van der Waals surface area contributed by atoms with Crippen LogP contribution in [0, 0.1) is 5.41 Å². The van der Waals surface area contributed by atoms with Gasteiger partial charge in [-0.3, -0.25) is 9.59 Å². The number of carbonyl (C=O) groups is 3. The van der Waals surface area contributed by atoms with Crippen molar-refractivity contribution in [1.82, 2.24) is 9.55 Å². The molecule has 0 aliphatic heterocycles. The van der Waals surface area contributed by atoms with E-state index in [1.165, 1.54) is 18.5 Å². The lowest BCUT2D eigenvalue weighted by molar-refractivity contribution is -0.160. The van der Waals surface area contributed by atoms with Gasteiger partial charge in [-0.05, 0) is 53.7 Å². The van der Waals surface area contributed by atoms with Crippen molar-refractivity contribution in [2.24, 2.45) is 5.41 Å². The lowest BCUT2D eigenvalue weighted by Crippen LogP contribution is -2.36. The number of fused-ring (bicyclic) bond motifs is 1. The molecule has 8 heteroatoms. The number of carbonyl (C=O) groups excluding carboxylic acids is 2. The number of hydrogen-bond acceptors (Lipinski definition) is 6. The van der Waals surface area contributed by atoms with Crippen LogP contribution in [0.3, 0.4) is 0 Å². The van der Waals surface area contributed by atoms with Crippen LogP contribution in [-0.2, 0) is 19.1 Å². The Bertz CT molecular complexity index is 869. The van der Waals surface area contributed by atoms with Crippen molar-refractivity contribution in [3.63, 3.8) is 0 Å². The summed E-state index contributed by atoms with van der Waals surface area (Å²) in [5.74, 6) is -1.88. The normalized spacial score (nSPS) is 19.2. The summed E-state index contributed by atoms with van der Waals surface area (Å²) in [6.45, 7) is 10.3. The minimum absolute atomic E-state index is 0.283. The molecule has 0 bridgehead atoms. The van der Waals surface area contributed by atoms with Crippen LogP contribution in [0.1, 0.15) is 48.0 Å². The fourth-order valence-electron chi connectivity index (χ4n) is 2.53. The van der Waals surface area contributed by atoms with E-state index in [-0.39, 0.29) is 5.35 Å². The van der Waals surface area contributed by atoms with Crippen molar-refractivity contribution >= 4 is 30.2 Å². The first-order valence-electron chi connectivity index (χ1n) is 8.20. The second-order valence-electron chi connectivity index (χ2n) is 8.26. The molecule has 1 aliphatic carbocycles. The second kappa shape index (κ2) is 6.26. The Morgan fingerprint density at radius 3 is 2.15 bits per heavy atom. The zero-order valence-electron chi connectivity index (χ0n) is 15.8. The van der Waals surface area contributed by atoms with Gasteiger partial charge < -0.3 is 14.6 Å². The highest BCUT2D eigenvalue weighted by atomic mass is 16.6. The van der Waals surface area contributed by atoms with Crippen molar-refractivity contribution in [2.75, 3.05) is 0 Å². The Balaban J connectivity index is 2.39. The van der Waals surface area contributed by atoms with E-state index in [9.17, 15) is 19.5 Å². The third-order valence-electron chi connectivity index (χ3n) is 3.47. The summed E-state index contributed by atoms with van der Waals surface area (Å²) in [7, 11) is 0. The first-order valence-corrected chi connectivity index (χ1v) is 8.20. The van der Waals surface area contributed by atoms with Crippen molar-refractivity contribution in [3.8, 4) is 0 Å². The predicted octanol–water partition coefficient (Wildman–Crippen LogP) is 1.04. The number of hydrogen-bond donors (Lipinski definition) is 1. The number of carboxylic acid groups (broad SMARTS) is 1. The van der Waals surface area contributed by atoms with Crippen LogP contribution >= 0.6 is 0 Å². The van der Waals surface area contributed by atoms with Gasteiger partial charge in [0.1, 0.15) is 22.9 Å². The fraction of sp³-hybridized carbons (Fsp3) is 0.556. The Kier molecular flexibility index (Phi) is 4.74. The summed E-state index contributed by atoms with van der Waals surface area (Å²) in [6, 6.07) is 0. The molecule has 8 nitrogen and oxygen atoms in total. The van der Waals surface area contributed by atoms with Gasteiger partial charge in [0.25, 0.3) is 0 Å². The molecule has 0 saturated carbocycles. The molecule has 1 unspecified atom stereocenters. The van der Waals surface area contributed by atoms with Crippen molar-refractivity contribution in [2.45, 2.75) is 59.2 Å². The topological polar surface area (TPSA) is 108 Å². The SMILES string of the molecule is CC(C)(C)OC(=O)CC1(C(=O)O)C=c2ncn(C(=O)OC(C)(C)C)c2=C1. The van der Waals surface area contributed by atoms with Gasteiger partial charge in [0.15, 0.2) is 0 Å². The molecule has 0 fully saturated rings. The highest BCUT2D eigenvalue weighted by Gasteiger charge is 2.41. The average Bonchev–Trinajstić information content (AvgIpc) is 2.91. The van der Waals surface area contributed by atoms with Gasteiger partial charge in [0.2, 0.25) is 0 Å². The molecule has 142 valence electrons. The van der Waals surface area contributed by atoms with E-state index >= 15 is 0 Å². The molecule has 0 radical (unpaired) electrons. The van der Waals surface area contributed by atoms with Gasteiger partial charge in [-0.2, -0.15) is 0 Å². The number of rotatable bonds is 3. The Hall–Kier alpha value is -2.64. The first-order chi connectivity index (χ1) is 11.7. The van der Waals surface area contributed by atoms with Crippen LogP contribution in [0.4, 0.5) is 4.79 Å². The van der Waals surface area contributed by atoms with E-state index < -0.39 is 41.1 Å². The van der Waals surface area contributed by atoms with Crippen molar-refractivity contribution in [3.05, 3.63) is 17.0 Å². The monoisotopic (exact) mass is 364 g/mol. The molecular formula is C18H24N2O6. The molecule has 0 amide bonds. The maximum atomic E-state index is 12.3.